The number of amides is 1. The molecule has 2 heterocycles. The third kappa shape index (κ3) is 3.83. The van der Waals surface area contributed by atoms with E-state index in [4.69, 9.17) is 4.52 Å². The van der Waals surface area contributed by atoms with Crippen LogP contribution in [0.1, 0.15) is 17.7 Å². The molecule has 0 radical (unpaired) electrons. The van der Waals surface area contributed by atoms with Crippen molar-refractivity contribution < 1.29 is 9.32 Å². The van der Waals surface area contributed by atoms with Crippen LogP contribution in [-0.2, 0) is 4.79 Å². The van der Waals surface area contributed by atoms with Crippen LogP contribution in [0.3, 0.4) is 0 Å². The van der Waals surface area contributed by atoms with E-state index in [0.717, 1.165) is 16.4 Å². The molecule has 0 saturated heterocycles. The van der Waals surface area contributed by atoms with Crippen molar-refractivity contribution >= 4 is 23.5 Å². The van der Waals surface area contributed by atoms with Crippen molar-refractivity contribution in [3.05, 3.63) is 48.0 Å². The number of nitrogens with one attached hydrogen (secondary N) is 1. The zero-order valence-electron chi connectivity index (χ0n) is 13.4. The Kier molecular flexibility index (Phi) is 4.95. The maximum absolute atomic E-state index is 11.9. The second-order valence-electron chi connectivity index (χ2n) is 5.24. The molecule has 0 aliphatic rings. The van der Waals surface area contributed by atoms with Gasteiger partial charge in [-0.15, -0.1) is 10.2 Å². The smallest absolute Gasteiger partial charge is 0.226 e. The molecule has 0 atom stereocenters. The van der Waals surface area contributed by atoms with Gasteiger partial charge in [-0.1, -0.05) is 35.1 Å². The molecule has 0 bridgehead atoms. The second kappa shape index (κ2) is 7.31. The monoisotopic (exact) mass is 343 g/mol. The SMILES string of the molecule is Cc1cc(NC(=O)CCSc2nncn2-c2ccccc2C)no1. The Balaban J connectivity index is 1.57. The highest BCUT2D eigenvalue weighted by molar-refractivity contribution is 7.99. The number of hydrogen-bond acceptors (Lipinski definition) is 6. The third-order valence-electron chi connectivity index (χ3n) is 3.35. The van der Waals surface area contributed by atoms with Crippen LogP contribution in [0.15, 0.2) is 46.3 Å². The number of para-hydroxylation sites is 1. The minimum absolute atomic E-state index is 0.113. The predicted octanol–water partition coefficient (Wildman–Crippen LogP) is 2.99. The summed E-state index contributed by atoms with van der Waals surface area (Å²) >= 11 is 1.49. The molecule has 3 rings (SSSR count). The van der Waals surface area contributed by atoms with Crippen LogP contribution in [0.4, 0.5) is 5.82 Å². The van der Waals surface area contributed by atoms with E-state index in [0.29, 0.717) is 23.8 Å². The molecule has 1 aromatic carbocycles. The summed E-state index contributed by atoms with van der Waals surface area (Å²) in [6, 6.07) is 9.70. The van der Waals surface area contributed by atoms with E-state index in [1.54, 1.807) is 19.3 Å². The number of anilines is 1. The number of carbonyl (C=O) groups excluding carboxylic acids is 1. The summed E-state index contributed by atoms with van der Waals surface area (Å²) in [5.41, 5.74) is 2.17. The fraction of sp³-hybridized carbons (Fsp3) is 0.250. The van der Waals surface area contributed by atoms with Gasteiger partial charge in [0.1, 0.15) is 12.1 Å². The number of benzene rings is 1. The van der Waals surface area contributed by atoms with E-state index < -0.39 is 0 Å². The van der Waals surface area contributed by atoms with Gasteiger partial charge in [-0.25, -0.2) is 0 Å². The van der Waals surface area contributed by atoms with Crippen LogP contribution in [0.25, 0.3) is 5.69 Å². The fourth-order valence-electron chi connectivity index (χ4n) is 2.19. The van der Waals surface area contributed by atoms with E-state index in [9.17, 15) is 4.79 Å². The molecule has 1 amide bonds. The van der Waals surface area contributed by atoms with Gasteiger partial charge >= 0.3 is 0 Å². The first kappa shape index (κ1) is 16.3. The molecule has 0 aliphatic heterocycles. The Hall–Kier alpha value is -2.61. The average Bonchev–Trinajstić information content (AvgIpc) is 3.17. The lowest BCUT2D eigenvalue weighted by atomic mass is 10.2. The highest BCUT2D eigenvalue weighted by atomic mass is 32.2. The average molecular weight is 343 g/mol. The third-order valence-corrected chi connectivity index (χ3v) is 4.29. The van der Waals surface area contributed by atoms with Crippen molar-refractivity contribution in [3.8, 4) is 5.69 Å². The summed E-state index contributed by atoms with van der Waals surface area (Å²) in [5, 5.41) is 15.3. The number of aromatic nitrogens is 4. The Morgan fingerprint density at radius 2 is 2.17 bits per heavy atom. The van der Waals surface area contributed by atoms with Crippen LogP contribution in [-0.4, -0.2) is 31.6 Å². The number of carbonyl (C=O) groups is 1. The molecule has 8 heteroatoms. The van der Waals surface area contributed by atoms with Gasteiger partial charge in [0.15, 0.2) is 11.0 Å². The first-order chi connectivity index (χ1) is 11.6. The quantitative estimate of drug-likeness (QED) is 0.693. The lowest BCUT2D eigenvalue weighted by Gasteiger charge is -2.08. The molecule has 0 unspecified atom stereocenters. The van der Waals surface area contributed by atoms with E-state index in [1.807, 2.05) is 35.8 Å². The van der Waals surface area contributed by atoms with Gasteiger partial charge < -0.3 is 9.84 Å². The molecule has 0 fully saturated rings. The van der Waals surface area contributed by atoms with Crippen molar-refractivity contribution in [1.29, 1.82) is 0 Å². The van der Waals surface area contributed by atoms with E-state index >= 15 is 0 Å². The van der Waals surface area contributed by atoms with E-state index in [-0.39, 0.29) is 5.91 Å². The largest absolute Gasteiger partial charge is 0.360 e. The van der Waals surface area contributed by atoms with Crippen molar-refractivity contribution in [1.82, 2.24) is 19.9 Å². The molecule has 1 N–H and O–H groups in total. The lowest BCUT2D eigenvalue weighted by Crippen LogP contribution is -2.12. The number of thioether (sulfide) groups is 1. The molecule has 2 aromatic heterocycles. The summed E-state index contributed by atoms with van der Waals surface area (Å²) in [4.78, 5) is 11.9. The van der Waals surface area contributed by atoms with Gasteiger partial charge in [0.05, 0.1) is 5.69 Å². The minimum Gasteiger partial charge on any atom is -0.360 e. The highest BCUT2D eigenvalue weighted by Crippen LogP contribution is 2.22. The standard InChI is InChI=1S/C16H17N5O2S/c1-11-5-3-4-6-13(11)21-10-17-19-16(21)24-8-7-15(22)18-14-9-12(2)23-20-14/h3-6,9-10H,7-8H2,1-2H3,(H,18,20,22). The second-order valence-corrected chi connectivity index (χ2v) is 6.30. The van der Waals surface area contributed by atoms with Gasteiger partial charge in [-0.05, 0) is 25.5 Å². The van der Waals surface area contributed by atoms with Gasteiger partial charge in [-0.3, -0.25) is 9.36 Å². The van der Waals surface area contributed by atoms with Crippen LogP contribution in [0.2, 0.25) is 0 Å². The van der Waals surface area contributed by atoms with Gasteiger partial charge in [0.2, 0.25) is 5.91 Å². The summed E-state index contributed by atoms with van der Waals surface area (Å²) < 4.78 is 6.84. The van der Waals surface area contributed by atoms with Crippen LogP contribution < -0.4 is 5.32 Å². The van der Waals surface area contributed by atoms with Crippen molar-refractivity contribution in [3.63, 3.8) is 0 Å². The van der Waals surface area contributed by atoms with E-state index in [2.05, 4.69) is 20.7 Å². The maximum atomic E-state index is 11.9. The number of nitrogens with zero attached hydrogens (tertiary/aromatic N) is 4. The Labute approximate surface area is 143 Å². The Morgan fingerprint density at radius 1 is 1.33 bits per heavy atom. The van der Waals surface area contributed by atoms with Crippen LogP contribution in [0.5, 0.6) is 0 Å². The number of rotatable bonds is 6. The molecule has 0 saturated carbocycles. The lowest BCUT2D eigenvalue weighted by molar-refractivity contribution is -0.115. The summed E-state index contributed by atoms with van der Waals surface area (Å²) in [7, 11) is 0. The molecule has 0 spiro atoms. The molecular weight excluding hydrogens is 326 g/mol. The van der Waals surface area contributed by atoms with Gasteiger partial charge in [0.25, 0.3) is 0 Å². The number of hydrogen-bond donors (Lipinski definition) is 1. The van der Waals surface area contributed by atoms with E-state index in [1.165, 1.54) is 11.8 Å². The molecule has 124 valence electrons. The molecule has 0 aliphatic carbocycles. The Bertz CT molecular complexity index is 842. The molecule has 7 nitrogen and oxygen atoms in total. The van der Waals surface area contributed by atoms with Crippen molar-refractivity contribution in [2.45, 2.75) is 25.4 Å². The molecule has 3 aromatic rings. The van der Waals surface area contributed by atoms with Gasteiger partial charge in [-0.2, -0.15) is 0 Å². The van der Waals surface area contributed by atoms with Crippen molar-refractivity contribution in [2.75, 3.05) is 11.1 Å². The van der Waals surface area contributed by atoms with Gasteiger partial charge in [0, 0.05) is 18.2 Å². The highest BCUT2D eigenvalue weighted by Gasteiger charge is 2.11. The number of aryl methyl sites for hydroxylation is 2. The normalized spacial score (nSPS) is 10.8. The zero-order chi connectivity index (χ0) is 16.9. The van der Waals surface area contributed by atoms with Crippen LogP contribution in [0, 0.1) is 13.8 Å². The fourth-order valence-corrected chi connectivity index (χ4v) is 3.05. The summed E-state index contributed by atoms with van der Waals surface area (Å²) in [6.07, 6.45) is 2.03. The Morgan fingerprint density at radius 3 is 2.92 bits per heavy atom. The summed E-state index contributed by atoms with van der Waals surface area (Å²) in [6.45, 7) is 3.81. The first-order valence-corrected chi connectivity index (χ1v) is 8.44. The molecule has 24 heavy (non-hydrogen) atoms. The predicted molar refractivity (Wildman–Crippen MR) is 91.3 cm³/mol. The van der Waals surface area contributed by atoms with Crippen LogP contribution >= 0.6 is 11.8 Å². The zero-order valence-corrected chi connectivity index (χ0v) is 14.2. The maximum Gasteiger partial charge on any atom is 0.226 e. The molecular formula is C16H17N5O2S. The topological polar surface area (TPSA) is 85.8 Å². The van der Waals surface area contributed by atoms with Crippen molar-refractivity contribution in [2.24, 2.45) is 0 Å². The minimum atomic E-state index is -0.113. The first-order valence-electron chi connectivity index (χ1n) is 7.45. The summed E-state index contributed by atoms with van der Waals surface area (Å²) in [5.74, 6) is 1.57.